The average molecular weight is 298 g/mol. The smallest absolute Gasteiger partial charge is 0.238 e. The van der Waals surface area contributed by atoms with Crippen molar-refractivity contribution in [2.45, 2.75) is 19.3 Å². The number of thiocarbonyl (C=S) groups is 1. The number of hydrogen-bond acceptors (Lipinski definition) is 2. The van der Waals surface area contributed by atoms with Crippen molar-refractivity contribution in [3.8, 4) is 0 Å². The van der Waals surface area contributed by atoms with Crippen LogP contribution in [0.4, 0.5) is 5.69 Å². The van der Waals surface area contributed by atoms with Gasteiger partial charge in [0.25, 0.3) is 0 Å². The molecule has 108 valence electrons. The van der Waals surface area contributed by atoms with Crippen molar-refractivity contribution in [1.82, 2.24) is 0 Å². The first-order chi connectivity index (χ1) is 10.1. The topological polar surface area (TPSA) is 55.1 Å². The zero-order valence-corrected chi connectivity index (χ0v) is 12.7. The third kappa shape index (κ3) is 3.89. The van der Waals surface area contributed by atoms with Gasteiger partial charge in [0, 0.05) is 5.69 Å². The van der Waals surface area contributed by atoms with Crippen LogP contribution in [0.3, 0.4) is 0 Å². The van der Waals surface area contributed by atoms with Crippen LogP contribution in [0.15, 0.2) is 54.6 Å². The zero-order valence-electron chi connectivity index (χ0n) is 11.9. The number of rotatable bonds is 5. The summed E-state index contributed by atoms with van der Waals surface area (Å²) in [7, 11) is 0. The van der Waals surface area contributed by atoms with E-state index in [0.717, 1.165) is 17.7 Å². The highest BCUT2D eigenvalue weighted by molar-refractivity contribution is 7.80. The van der Waals surface area contributed by atoms with E-state index in [1.165, 1.54) is 5.56 Å². The van der Waals surface area contributed by atoms with E-state index < -0.39 is 5.92 Å². The third-order valence-corrected chi connectivity index (χ3v) is 3.52. The minimum atomic E-state index is -0.619. The van der Waals surface area contributed by atoms with E-state index in [1.807, 2.05) is 54.6 Å². The molecule has 0 fully saturated rings. The highest BCUT2D eigenvalue weighted by atomic mass is 32.1. The normalized spacial score (nSPS) is 11.7. The molecule has 4 heteroatoms. The van der Waals surface area contributed by atoms with Crippen LogP contribution in [-0.4, -0.2) is 10.9 Å². The summed E-state index contributed by atoms with van der Waals surface area (Å²) in [5.41, 5.74) is 8.48. The zero-order chi connectivity index (χ0) is 15.2. The lowest BCUT2D eigenvalue weighted by Crippen LogP contribution is -2.31. The molecule has 1 amide bonds. The van der Waals surface area contributed by atoms with E-state index in [4.69, 9.17) is 18.0 Å². The molecule has 0 radical (unpaired) electrons. The van der Waals surface area contributed by atoms with Crippen LogP contribution in [0.1, 0.15) is 24.0 Å². The molecule has 1 atom stereocenters. The summed E-state index contributed by atoms with van der Waals surface area (Å²) in [6.07, 6.45) is 0.918. The van der Waals surface area contributed by atoms with Crippen molar-refractivity contribution < 1.29 is 4.79 Å². The van der Waals surface area contributed by atoms with E-state index in [2.05, 4.69) is 12.2 Å². The second kappa shape index (κ2) is 6.99. The molecule has 21 heavy (non-hydrogen) atoms. The number of nitrogens with two attached hydrogens (primary N) is 1. The van der Waals surface area contributed by atoms with Gasteiger partial charge in [0.15, 0.2) is 0 Å². The SMILES string of the molecule is CCc1cccc(NC(=O)C(C(N)=S)c2ccccc2)c1. The third-order valence-electron chi connectivity index (χ3n) is 3.28. The second-order valence-corrected chi connectivity index (χ2v) is 5.26. The molecule has 2 rings (SSSR count). The number of hydrogen-bond donors (Lipinski definition) is 2. The maximum atomic E-state index is 12.5. The van der Waals surface area contributed by atoms with Crippen LogP contribution >= 0.6 is 12.2 Å². The minimum absolute atomic E-state index is 0.172. The van der Waals surface area contributed by atoms with Gasteiger partial charge in [0.05, 0.1) is 4.99 Å². The highest BCUT2D eigenvalue weighted by Crippen LogP contribution is 2.19. The van der Waals surface area contributed by atoms with Gasteiger partial charge in [0.1, 0.15) is 5.92 Å². The van der Waals surface area contributed by atoms with Gasteiger partial charge in [-0.1, -0.05) is 61.6 Å². The maximum Gasteiger partial charge on any atom is 0.238 e. The van der Waals surface area contributed by atoms with E-state index >= 15 is 0 Å². The summed E-state index contributed by atoms with van der Waals surface area (Å²) < 4.78 is 0. The monoisotopic (exact) mass is 298 g/mol. The number of carbonyl (C=O) groups is 1. The molecule has 0 bridgehead atoms. The van der Waals surface area contributed by atoms with E-state index in [9.17, 15) is 4.79 Å². The van der Waals surface area contributed by atoms with Crippen molar-refractivity contribution in [2.24, 2.45) is 5.73 Å². The quantitative estimate of drug-likeness (QED) is 0.833. The molecule has 0 heterocycles. The summed E-state index contributed by atoms with van der Waals surface area (Å²) >= 11 is 5.06. The maximum absolute atomic E-state index is 12.5. The van der Waals surface area contributed by atoms with Gasteiger partial charge in [-0.15, -0.1) is 0 Å². The summed E-state index contributed by atoms with van der Waals surface area (Å²) in [5, 5.41) is 2.89. The minimum Gasteiger partial charge on any atom is -0.392 e. The van der Waals surface area contributed by atoms with Gasteiger partial charge in [-0.25, -0.2) is 0 Å². The van der Waals surface area contributed by atoms with Crippen LogP contribution < -0.4 is 11.1 Å². The molecular formula is C17H18N2OS. The van der Waals surface area contributed by atoms with Crippen LogP contribution in [0.25, 0.3) is 0 Å². The van der Waals surface area contributed by atoms with Crippen molar-refractivity contribution in [3.63, 3.8) is 0 Å². The second-order valence-electron chi connectivity index (χ2n) is 4.79. The summed E-state index contributed by atoms with van der Waals surface area (Å²) in [4.78, 5) is 12.6. The van der Waals surface area contributed by atoms with Gasteiger partial charge in [-0.05, 0) is 29.7 Å². The number of nitrogens with one attached hydrogen (secondary N) is 1. The lowest BCUT2D eigenvalue weighted by molar-refractivity contribution is -0.116. The van der Waals surface area contributed by atoms with Crippen LogP contribution in [0, 0.1) is 0 Å². The largest absolute Gasteiger partial charge is 0.392 e. The molecule has 0 aliphatic heterocycles. The Labute approximate surface area is 130 Å². The molecular weight excluding hydrogens is 280 g/mol. The molecule has 0 spiro atoms. The highest BCUT2D eigenvalue weighted by Gasteiger charge is 2.23. The first kappa shape index (κ1) is 15.2. The Morgan fingerprint density at radius 2 is 1.90 bits per heavy atom. The Kier molecular flexibility index (Phi) is 5.06. The van der Waals surface area contributed by atoms with Crippen molar-refractivity contribution in [3.05, 3.63) is 65.7 Å². The Bertz CT molecular complexity index is 640. The van der Waals surface area contributed by atoms with E-state index in [0.29, 0.717) is 0 Å². The molecule has 0 saturated carbocycles. The lowest BCUT2D eigenvalue weighted by Gasteiger charge is -2.16. The van der Waals surface area contributed by atoms with E-state index in [1.54, 1.807) is 0 Å². The number of benzene rings is 2. The molecule has 2 aromatic rings. The van der Waals surface area contributed by atoms with E-state index in [-0.39, 0.29) is 10.9 Å². The number of aryl methyl sites for hydroxylation is 1. The van der Waals surface area contributed by atoms with Gasteiger partial charge >= 0.3 is 0 Å². The van der Waals surface area contributed by atoms with Crippen molar-refractivity contribution in [2.75, 3.05) is 5.32 Å². The first-order valence-corrected chi connectivity index (χ1v) is 7.26. The van der Waals surface area contributed by atoms with Gasteiger partial charge in [0.2, 0.25) is 5.91 Å². The Morgan fingerprint density at radius 3 is 2.52 bits per heavy atom. The van der Waals surface area contributed by atoms with Crippen molar-refractivity contribution in [1.29, 1.82) is 0 Å². The fourth-order valence-corrected chi connectivity index (χ4v) is 2.42. The van der Waals surface area contributed by atoms with Gasteiger partial charge < -0.3 is 11.1 Å². The first-order valence-electron chi connectivity index (χ1n) is 6.86. The molecule has 0 aromatic heterocycles. The summed E-state index contributed by atoms with van der Waals surface area (Å²) in [6.45, 7) is 2.07. The molecule has 3 nitrogen and oxygen atoms in total. The number of anilines is 1. The molecule has 2 aromatic carbocycles. The standard InChI is InChI=1S/C17H18N2OS/c1-2-12-7-6-10-14(11-12)19-17(20)15(16(18)21)13-8-4-3-5-9-13/h3-11,15H,2H2,1H3,(H2,18,21)(H,19,20). The Morgan fingerprint density at radius 1 is 1.19 bits per heavy atom. The van der Waals surface area contributed by atoms with Gasteiger partial charge in [-0.3, -0.25) is 4.79 Å². The molecule has 0 aliphatic rings. The fourth-order valence-electron chi connectivity index (χ4n) is 2.17. The van der Waals surface area contributed by atoms with Crippen LogP contribution in [-0.2, 0) is 11.2 Å². The predicted molar refractivity (Wildman–Crippen MR) is 90.4 cm³/mol. The molecule has 3 N–H and O–H groups in total. The number of amides is 1. The summed E-state index contributed by atoms with van der Waals surface area (Å²) in [6, 6.07) is 17.1. The number of carbonyl (C=O) groups excluding carboxylic acids is 1. The fraction of sp³-hybridized carbons (Fsp3) is 0.176. The van der Waals surface area contributed by atoms with Crippen LogP contribution in [0.5, 0.6) is 0 Å². The predicted octanol–water partition coefficient (Wildman–Crippen LogP) is 3.26. The van der Waals surface area contributed by atoms with Crippen molar-refractivity contribution >= 4 is 28.8 Å². The Hall–Kier alpha value is -2.20. The Balaban J connectivity index is 2.21. The molecule has 0 saturated heterocycles. The average Bonchev–Trinajstić information content (AvgIpc) is 2.48. The van der Waals surface area contributed by atoms with Crippen LogP contribution in [0.2, 0.25) is 0 Å². The molecule has 0 aliphatic carbocycles. The summed E-state index contributed by atoms with van der Waals surface area (Å²) in [5.74, 6) is -0.826. The van der Waals surface area contributed by atoms with Gasteiger partial charge in [-0.2, -0.15) is 0 Å². The lowest BCUT2D eigenvalue weighted by atomic mass is 9.98. The molecule has 1 unspecified atom stereocenters.